The molecule has 0 aliphatic heterocycles. The number of hydrogen-bond donors (Lipinski definition) is 0. The largest absolute Gasteiger partial charge is 1.00 e. The number of hydrogen-bond acceptors (Lipinski definition) is 4. The van der Waals surface area contributed by atoms with E-state index in [-0.39, 0.29) is 75.2 Å². The van der Waals surface area contributed by atoms with E-state index in [0.29, 0.717) is 0 Å². The molecule has 0 saturated carbocycles. The fraction of sp³-hybridized carbons (Fsp3) is 0.0909. The van der Waals surface area contributed by atoms with Gasteiger partial charge < -0.3 is 14.1 Å². The Morgan fingerprint density at radius 2 is 2.18 bits per heavy atom. The molecule has 0 radical (unpaired) electrons. The van der Waals surface area contributed by atoms with E-state index in [1.807, 2.05) is 0 Å². The molecule has 0 unspecified atom stereocenters. The molecular weight excluding hydrogens is 299 g/mol. The van der Waals surface area contributed by atoms with Crippen LogP contribution in [-0.4, -0.2) is 18.1 Å². The van der Waals surface area contributed by atoms with E-state index in [9.17, 15) is 9.18 Å². The fourth-order valence-electron chi connectivity index (χ4n) is 1.28. The molecule has 1 aromatic heterocycles. The average molecular weight is 306 g/mol. The van der Waals surface area contributed by atoms with E-state index in [4.69, 9.17) is 4.42 Å². The van der Waals surface area contributed by atoms with Gasteiger partial charge in [-0.2, -0.15) is 0 Å². The van der Waals surface area contributed by atoms with E-state index in [1.54, 1.807) is 6.07 Å². The summed E-state index contributed by atoms with van der Waals surface area (Å²) in [6.07, 6.45) is 2.15. The van der Waals surface area contributed by atoms with Crippen LogP contribution in [0.15, 0.2) is 28.7 Å². The molecule has 1 heterocycles. The number of rotatable bonds is 2. The summed E-state index contributed by atoms with van der Waals surface area (Å²) < 4.78 is 22.8. The fourth-order valence-corrected chi connectivity index (χ4v) is 1.28. The molecule has 0 aliphatic rings. The van der Waals surface area contributed by atoms with Crippen LogP contribution in [0.25, 0.3) is 11.3 Å². The van der Waals surface area contributed by atoms with Gasteiger partial charge in [0, 0.05) is 11.5 Å². The first kappa shape index (κ1) is 14.7. The maximum atomic E-state index is 13.4. The van der Waals surface area contributed by atoms with Crippen LogP contribution in [0, 0.1) is 12.2 Å². The van der Waals surface area contributed by atoms with Gasteiger partial charge in [-0.15, -0.1) is 0 Å². The number of esters is 1. The Morgan fingerprint density at radius 1 is 1.47 bits per heavy atom. The van der Waals surface area contributed by atoms with Gasteiger partial charge >= 0.3 is 58.2 Å². The average Bonchev–Trinajstić information content (AvgIpc) is 2.77. The van der Waals surface area contributed by atoms with E-state index in [0.717, 1.165) is 0 Å². The van der Waals surface area contributed by atoms with E-state index in [2.05, 4.69) is 16.1 Å². The molecule has 0 N–H and O–H groups in total. The van der Waals surface area contributed by atoms with Crippen LogP contribution in [0.2, 0.25) is 0 Å². The standard InChI is InChI=1S/C11H7FNO3.Rb/c1-15-11(14)9-10(16-6-13-9)7-4-2-3-5-8(7)12;/h2-5H,1H3;/q-1;+1. The monoisotopic (exact) mass is 305 g/mol. The Kier molecular flexibility index (Phi) is 5.65. The Morgan fingerprint density at radius 3 is 2.82 bits per heavy atom. The van der Waals surface area contributed by atoms with Gasteiger partial charge in [-0.25, -0.2) is 4.39 Å². The molecule has 2 rings (SSSR count). The van der Waals surface area contributed by atoms with Crippen LogP contribution in [0.4, 0.5) is 4.39 Å². The summed E-state index contributed by atoms with van der Waals surface area (Å²) >= 11 is 0. The number of benzene rings is 1. The number of nitrogens with zero attached hydrogens (tertiary/aromatic N) is 1. The second-order valence-electron chi connectivity index (χ2n) is 2.95. The van der Waals surface area contributed by atoms with Gasteiger partial charge in [-0.05, 0) is 11.6 Å². The third-order valence-corrected chi connectivity index (χ3v) is 2.02. The quantitative estimate of drug-likeness (QED) is 0.531. The minimum absolute atomic E-state index is 0. The van der Waals surface area contributed by atoms with Crippen molar-refractivity contribution in [2.75, 3.05) is 7.11 Å². The molecule has 1 aromatic carbocycles. The molecular formula is C11H7FNO3Rb. The van der Waals surface area contributed by atoms with Crippen molar-refractivity contribution in [3.8, 4) is 11.3 Å². The molecule has 17 heavy (non-hydrogen) atoms. The van der Waals surface area contributed by atoms with Gasteiger partial charge in [-0.1, -0.05) is 18.2 Å². The van der Waals surface area contributed by atoms with Crippen molar-refractivity contribution in [3.63, 3.8) is 0 Å². The predicted molar refractivity (Wildman–Crippen MR) is 52.1 cm³/mol. The van der Waals surface area contributed by atoms with Gasteiger partial charge in [0.2, 0.25) is 0 Å². The summed E-state index contributed by atoms with van der Waals surface area (Å²) in [5.74, 6) is -1.17. The van der Waals surface area contributed by atoms with Crippen molar-refractivity contribution in [2.24, 2.45) is 0 Å². The third-order valence-electron chi connectivity index (χ3n) is 2.02. The Balaban J connectivity index is 0.00000144. The predicted octanol–water partition coefficient (Wildman–Crippen LogP) is -0.929. The van der Waals surface area contributed by atoms with Crippen molar-refractivity contribution >= 4 is 5.97 Å². The van der Waals surface area contributed by atoms with Crippen molar-refractivity contribution in [3.05, 3.63) is 42.2 Å². The normalized spacial score (nSPS) is 9.53. The van der Waals surface area contributed by atoms with Gasteiger partial charge in [0.25, 0.3) is 5.97 Å². The first-order valence-electron chi connectivity index (χ1n) is 4.44. The van der Waals surface area contributed by atoms with Gasteiger partial charge in [0.1, 0.15) is 12.2 Å². The number of methoxy groups -OCH3 is 1. The summed E-state index contributed by atoms with van der Waals surface area (Å²) in [5, 5.41) is 0. The molecule has 0 spiro atoms. The smallest absolute Gasteiger partial charge is 0.572 e. The first-order valence-corrected chi connectivity index (χ1v) is 4.44. The molecule has 0 atom stereocenters. The van der Waals surface area contributed by atoms with Gasteiger partial charge in [0.15, 0.2) is 0 Å². The molecule has 0 aliphatic carbocycles. The summed E-state index contributed by atoms with van der Waals surface area (Å²) in [6.45, 7) is 0. The minimum atomic E-state index is -0.691. The zero-order valence-electron chi connectivity index (χ0n) is 9.36. The Hall–Kier alpha value is -0.365. The Labute approximate surface area is 146 Å². The maximum Gasteiger partial charge on any atom is 1.00 e. The first-order chi connectivity index (χ1) is 7.74. The SMILES string of the molecule is COC(=O)c1n[c-]oc1-c1ccccc1F.[Rb+]. The zero-order valence-corrected chi connectivity index (χ0v) is 14.3. The number of carbonyl (C=O) groups excluding carboxylic acids is 1. The third kappa shape index (κ3) is 3.10. The van der Waals surface area contributed by atoms with Crippen LogP contribution in [0.3, 0.4) is 0 Å². The molecule has 0 bridgehead atoms. The maximum absolute atomic E-state index is 13.4. The van der Waals surface area contributed by atoms with Crippen molar-refractivity contribution in [1.82, 2.24) is 4.98 Å². The second-order valence-corrected chi connectivity index (χ2v) is 2.95. The van der Waals surface area contributed by atoms with Gasteiger partial charge in [-0.3, -0.25) is 4.79 Å². The van der Waals surface area contributed by atoms with Crippen LogP contribution in [0.1, 0.15) is 10.5 Å². The number of aromatic nitrogens is 1. The molecule has 0 amide bonds. The summed E-state index contributed by atoms with van der Waals surface area (Å²) in [7, 11) is 1.21. The molecule has 2 aromatic rings. The van der Waals surface area contributed by atoms with Crippen LogP contribution < -0.4 is 58.2 Å². The summed E-state index contributed by atoms with van der Waals surface area (Å²) in [6, 6.07) is 5.91. The number of carbonyl (C=O) groups is 1. The Bertz CT molecular complexity index is 527. The van der Waals surface area contributed by atoms with Crippen molar-refractivity contribution in [2.45, 2.75) is 0 Å². The number of ether oxygens (including phenoxy) is 1. The molecule has 4 nitrogen and oxygen atoms in total. The van der Waals surface area contributed by atoms with E-state index >= 15 is 0 Å². The van der Waals surface area contributed by atoms with Gasteiger partial charge in [0.05, 0.1) is 7.11 Å². The second kappa shape index (κ2) is 6.54. The molecule has 6 heteroatoms. The van der Waals surface area contributed by atoms with Crippen LogP contribution in [-0.2, 0) is 4.74 Å². The molecule has 82 valence electrons. The topological polar surface area (TPSA) is 52.3 Å². The van der Waals surface area contributed by atoms with Crippen LogP contribution >= 0.6 is 0 Å². The minimum Gasteiger partial charge on any atom is -0.572 e. The molecule has 0 saturated heterocycles. The van der Waals surface area contributed by atoms with E-state index in [1.165, 1.54) is 25.3 Å². The van der Waals surface area contributed by atoms with Crippen LogP contribution in [0.5, 0.6) is 0 Å². The van der Waals surface area contributed by atoms with Crippen molar-refractivity contribution < 1.29 is 76.5 Å². The summed E-state index contributed by atoms with van der Waals surface area (Å²) in [4.78, 5) is 14.9. The molecule has 0 fully saturated rings. The summed E-state index contributed by atoms with van der Waals surface area (Å²) in [5.41, 5.74) is 0.0595. The number of halogens is 1. The van der Waals surface area contributed by atoms with E-state index < -0.39 is 11.8 Å². The van der Waals surface area contributed by atoms with Crippen molar-refractivity contribution in [1.29, 1.82) is 0 Å². The number of oxazole rings is 1. The zero-order chi connectivity index (χ0) is 11.5.